The molecular formula is C15H14F3N. The maximum absolute atomic E-state index is 12.5. The molecule has 0 saturated heterocycles. The minimum atomic E-state index is -4.30. The topological polar surface area (TPSA) is 12.9 Å². The van der Waals surface area contributed by atoms with E-state index in [-0.39, 0.29) is 0 Å². The molecule has 0 radical (unpaired) electrons. The van der Waals surface area contributed by atoms with Crippen LogP contribution >= 0.6 is 0 Å². The highest BCUT2D eigenvalue weighted by Gasteiger charge is 2.29. The maximum Gasteiger partial charge on any atom is 0.416 e. The number of rotatable bonds is 2. The lowest BCUT2D eigenvalue weighted by Gasteiger charge is -2.09. The molecule has 0 saturated carbocycles. The lowest BCUT2D eigenvalue weighted by Crippen LogP contribution is -2.04. The molecular weight excluding hydrogens is 251 g/mol. The number of aryl methyl sites for hydroxylation is 2. The van der Waals surface area contributed by atoms with Crippen molar-refractivity contribution in [3.8, 4) is 11.3 Å². The first kappa shape index (κ1) is 13.6. The van der Waals surface area contributed by atoms with Gasteiger partial charge in [-0.05, 0) is 43.2 Å². The normalized spacial score (nSPS) is 11.6. The largest absolute Gasteiger partial charge is 0.416 e. The predicted molar refractivity (Wildman–Crippen MR) is 68.8 cm³/mol. The molecule has 0 unspecified atom stereocenters. The maximum atomic E-state index is 12.5. The summed E-state index contributed by atoms with van der Waals surface area (Å²) in [4.78, 5) is 4.36. The van der Waals surface area contributed by atoms with E-state index in [9.17, 15) is 13.2 Å². The summed E-state index contributed by atoms with van der Waals surface area (Å²) >= 11 is 0. The van der Waals surface area contributed by atoms with Crippen molar-refractivity contribution in [1.82, 2.24) is 4.98 Å². The van der Waals surface area contributed by atoms with Crippen LogP contribution in [0, 0.1) is 6.92 Å². The second-order valence-electron chi connectivity index (χ2n) is 4.43. The van der Waals surface area contributed by atoms with E-state index in [2.05, 4.69) is 4.98 Å². The summed E-state index contributed by atoms with van der Waals surface area (Å²) in [6.07, 6.45) is -3.43. The van der Waals surface area contributed by atoms with Gasteiger partial charge >= 0.3 is 6.18 Å². The summed E-state index contributed by atoms with van der Waals surface area (Å²) in [5.41, 5.74) is 2.77. The molecule has 0 amide bonds. The molecule has 1 heterocycles. The highest BCUT2D eigenvalue weighted by Crippen LogP contribution is 2.30. The van der Waals surface area contributed by atoms with Crippen LogP contribution in [0.4, 0.5) is 13.2 Å². The van der Waals surface area contributed by atoms with E-state index in [4.69, 9.17) is 0 Å². The van der Waals surface area contributed by atoms with Crippen molar-refractivity contribution in [3.05, 3.63) is 53.2 Å². The Morgan fingerprint density at radius 3 is 2.21 bits per heavy atom. The lowest BCUT2D eigenvalue weighted by atomic mass is 10.0. The first-order valence-electron chi connectivity index (χ1n) is 6.05. The number of alkyl halides is 3. The van der Waals surface area contributed by atoms with E-state index in [1.165, 1.54) is 12.1 Å². The second-order valence-corrected chi connectivity index (χ2v) is 4.43. The number of pyridine rings is 1. The molecule has 2 aromatic rings. The smallest absolute Gasteiger partial charge is 0.253 e. The Kier molecular flexibility index (Phi) is 3.60. The Morgan fingerprint density at radius 2 is 1.68 bits per heavy atom. The number of benzene rings is 1. The summed E-state index contributed by atoms with van der Waals surface area (Å²) in [7, 11) is 0. The molecule has 0 spiro atoms. The Hall–Kier alpha value is -1.84. The van der Waals surface area contributed by atoms with Gasteiger partial charge in [-0.1, -0.05) is 19.1 Å². The molecule has 0 aliphatic rings. The molecule has 19 heavy (non-hydrogen) atoms. The molecule has 100 valence electrons. The zero-order valence-electron chi connectivity index (χ0n) is 10.8. The molecule has 0 aliphatic carbocycles. The van der Waals surface area contributed by atoms with Gasteiger partial charge in [-0.15, -0.1) is 0 Å². The Labute approximate surface area is 110 Å². The number of hydrogen-bond acceptors (Lipinski definition) is 1. The second kappa shape index (κ2) is 5.03. The quantitative estimate of drug-likeness (QED) is 0.771. The first-order valence-corrected chi connectivity index (χ1v) is 6.05. The van der Waals surface area contributed by atoms with Crippen LogP contribution < -0.4 is 0 Å². The van der Waals surface area contributed by atoms with Crippen LogP contribution in [-0.4, -0.2) is 4.98 Å². The highest BCUT2D eigenvalue weighted by atomic mass is 19.4. The van der Waals surface area contributed by atoms with E-state index in [1.807, 2.05) is 26.0 Å². The molecule has 1 aromatic heterocycles. The molecule has 0 N–H and O–H groups in total. The van der Waals surface area contributed by atoms with Crippen LogP contribution in [0.15, 0.2) is 36.4 Å². The standard InChI is InChI=1S/C15H14F3N/c1-3-11-8-10(2)19-14(9-11)12-4-6-13(7-5-12)15(16,17)18/h4-9H,3H2,1-2H3. The number of hydrogen-bond donors (Lipinski definition) is 0. The third-order valence-electron chi connectivity index (χ3n) is 2.93. The summed E-state index contributed by atoms with van der Waals surface area (Å²) in [5.74, 6) is 0. The van der Waals surface area contributed by atoms with Gasteiger partial charge in [0.1, 0.15) is 0 Å². The Balaban J connectivity index is 2.40. The number of halogens is 3. The van der Waals surface area contributed by atoms with Gasteiger partial charge in [0.25, 0.3) is 0 Å². The SMILES string of the molecule is CCc1cc(C)nc(-c2ccc(C(F)(F)F)cc2)c1. The fraction of sp³-hybridized carbons (Fsp3) is 0.267. The van der Waals surface area contributed by atoms with Crippen molar-refractivity contribution in [2.45, 2.75) is 26.4 Å². The van der Waals surface area contributed by atoms with E-state index in [0.29, 0.717) is 11.3 Å². The van der Waals surface area contributed by atoms with Gasteiger partial charge in [0.05, 0.1) is 11.3 Å². The molecule has 4 heteroatoms. The summed E-state index contributed by atoms with van der Waals surface area (Å²) in [6, 6.07) is 8.99. The predicted octanol–water partition coefficient (Wildman–Crippen LogP) is 4.64. The molecule has 2 rings (SSSR count). The molecule has 0 bridgehead atoms. The third-order valence-corrected chi connectivity index (χ3v) is 2.93. The van der Waals surface area contributed by atoms with Gasteiger partial charge in [0, 0.05) is 11.3 Å². The van der Waals surface area contributed by atoms with Crippen LogP contribution in [0.1, 0.15) is 23.7 Å². The van der Waals surface area contributed by atoms with E-state index in [1.54, 1.807) is 0 Å². The van der Waals surface area contributed by atoms with Crippen LogP contribution in [0.3, 0.4) is 0 Å². The van der Waals surface area contributed by atoms with Gasteiger partial charge in [0.2, 0.25) is 0 Å². The van der Waals surface area contributed by atoms with Crippen molar-refractivity contribution in [2.24, 2.45) is 0 Å². The van der Waals surface area contributed by atoms with Crippen LogP contribution in [-0.2, 0) is 12.6 Å². The monoisotopic (exact) mass is 265 g/mol. The fourth-order valence-corrected chi connectivity index (χ4v) is 1.92. The zero-order chi connectivity index (χ0) is 14.0. The molecule has 0 atom stereocenters. The third kappa shape index (κ3) is 3.13. The highest BCUT2D eigenvalue weighted by molar-refractivity contribution is 5.60. The molecule has 1 nitrogen and oxygen atoms in total. The van der Waals surface area contributed by atoms with E-state index < -0.39 is 11.7 Å². The average Bonchev–Trinajstić information content (AvgIpc) is 2.37. The van der Waals surface area contributed by atoms with Gasteiger partial charge in [-0.2, -0.15) is 13.2 Å². The average molecular weight is 265 g/mol. The van der Waals surface area contributed by atoms with Gasteiger partial charge in [0.15, 0.2) is 0 Å². The summed E-state index contributed by atoms with van der Waals surface area (Å²) < 4.78 is 37.5. The van der Waals surface area contributed by atoms with Crippen molar-refractivity contribution in [1.29, 1.82) is 0 Å². The van der Waals surface area contributed by atoms with Crippen molar-refractivity contribution < 1.29 is 13.2 Å². The van der Waals surface area contributed by atoms with Crippen molar-refractivity contribution in [3.63, 3.8) is 0 Å². The Bertz CT molecular complexity index is 571. The molecule has 0 fully saturated rings. The van der Waals surface area contributed by atoms with E-state index >= 15 is 0 Å². The molecule has 0 aliphatic heterocycles. The first-order chi connectivity index (χ1) is 8.90. The van der Waals surface area contributed by atoms with Crippen molar-refractivity contribution in [2.75, 3.05) is 0 Å². The Morgan fingerprint density at radius 1 is 1.05 bits per heavy atom. The number of aromatic nitrogens is 1. The molecule has 1 aromatic carbocycles. The van der Waals surface area contributed by atoms with Crippen LogP contribution in [0.2, 0.25) is 0 Å². The summed E-state index contributed by atoms with van der Waals surface area (Å²) in [5, 5.41) is 0. The zero-order valence-corrected chi connectivity index (χ0v) is 10.8. The number of nitrogens with zero attached hydrogens (tertiary/aromatic N) is 1. The van der Waals surface area contributed by atoms with E-state index in [0.717, 1.165) is 29.8 Å². The minimum Gasteiger partial charge on any atom is -0.253 e. The van der Waals surface area contributed by atoms with Gasteiger partial charge < -0.3 is 0 Å². The van der Waals surface area contributed by atoms with Gasteiger partial charge in [-0.25, -0.2) is 0 Å². The lowest BCUT2D eigenvalue weighted by molar-refractivity contribution is -0.137. The minimum absolute atomic E-state index is 0.639. The fourth-order valence-electron chi connectivity index (χ4n) is 1.92. The van der Waals surface area contributed by atoms with Gasteiger partial charge in [-0.3, -0.25) is 4.98 Å². The summed E-state index contributed by atoms with van der Waals surface area (Å²) in [6.45, 7) is 3.91. The van der Waals surface area contributed by atoms with Crippen LogP contribution in [0.25, 0.3) is 11.3 Å². The van der Waals surface area contributed by atoms with Crippen molar-refractivity contribution >= 4 is 0 Å². The van der Waals surface area contributed by atoms with Crippen LogP contribution in [0.5, 0.6) is 0 Å².